The van der Waals surface area contributed by atoms with E-state index in [1.165, 1.54) is 31.3 Å². The maximum absolute atomic E-state index is 12.8. The summed E-state index contributed by atoms with van der Waals surface area (Å²) in [5.41, 5.74) is 1.60. The van der Waals surface area contributed by atoms with E-state index in [-0.39, 0.29) is 23.0 Å². The Bertz CT molecular complexity index is 997. The number of ether oxygens (including phenoxy) is 2. The molecule has 1 aliphatic rings. The van der Waals surface area contributed by atoms with Gasteiger partial charge in [-0.1, -0.05) is 17.7 Å². The molecule has 2 aromatic carbocycles. The fraction of sp³-hybridized carbons (Fsp3) is 0.333. The molecule has 30 heavy (non-hydrogen) atoms. The van der Waals surface area contributed by atoms with Gasteiger partial charge >= 0.3 is 5.97 Å². The number of carbonyl (C=O) groups excluding carboxylic acids is 2. The molecule has 1 fully saturated rings. The summed E-state index contributed by atoms with van der Waals surface area (Å²) in [5.74, 6) is -0.917. The SMILES string of the molecule is Cc1ccc(S(=O)(=O)N(C)c2ccc(C(=O)OCC(=O)N3CCOCC3)cc2)cc1. The van der Waals surface area contributed by atoms with Gasteiger partial charge in [-0.15, -0.1) is 0 Å². The van der Waals surface area contributed by atoms with Crippen LogP contribution in [-0.4, -0.2) is 65.2 Å². The van der Waals surface area contributed by atoms with Crippen molar-refractivity contribution in [2.45, 2.75) is 11.8 Å². The molecule has 0 saturated carbocycles. The van der Waals surface area contributed by atoms with Crippen molar-refractivity contribution in [1.29, 1.82) is 0 Å². The number of nitrogens with zero attached hydrogens (tertiary/aromatic N) is 2. The first-order valence-corrected chi connectivity index (χ1v) is 10.9. The van der Waals surface area contributed by atoms with Gasteiger partial charge < -0.3 is 14.4 Å². The molecule has 0 N–H and O–H groups in total. The fourth-order valence-electron chi connectivity index (χ4n) is 2.93. The number of aryl methyl sites for hydroxylation is 1. The van der Waals surface area contributed by atoms with Gasteiger partial charge in [0.15, 0.2) is 6.61 Å². The molecule has 0 atom stereocenters. The van der Waals surface area contributed by atoms with E-state index in [4.69, 9.17) is 9.47 Å². The molecular weight excluding hydrogens is 408 g/mol. The van der Waals surface area contributed by atoms with E-state index in [0.29, 0.717) is 32.0 Å². The van der Waals surface area contributed by atoms with Crippen molar-refractivity contribution in [2.75, 3.05) is 44.3 Å². The van der Waals surface area contributed by atoms with Gasteiger partial charge in [0.1, 0.15) is 0 Å². The van der Waals surface area contributed by atoms with Crippen molar-refractivity contribution in [3.05, 3.63) is 59.7 Å². The van der Waals surface area contributed by atoms with Gasteiger partial charge in [-0.25, -0.2) is 13.2 Å². The van der Waals surface area contributed by atoms with E-state index in [1.807, 2.05) is 6.92 Å². The number of hydrogen-bond acceptors (Lipinski definition) is 6. The minimum Gasteiger partial charge on any atom is -0.452 e. The Hall–Kier alpha value is -2.91. The Morgan fingerprint density at radius 3 is 2.23 bits per heavy atom. The lowest BCUT2D eigenvalue weighted by molar-refractivity contribution is -0.138. The molecule has 3 rings (SSSR count). The average Bonchev–Trinajstić information content (AvgIpc) is 2.77. The number of amides is 1. The fourth-order valence-corrected chi connectivity index (χ4v) is 4.12. The van der Waals surface area contributed by atoms with Gasteiger partial charge in [0.05, 0.1) is 29.4 Å². The van der Waals surface area contributed by atoms with Gasteiger partial charge in [0.2, 0.25) is 0 Å². The van der Waals surface area contributed by atoms with Crippen LogP contribution in [0.25, 0.3) is 0 Å². The summed E-state index contributed by atoms with van der Waals surface area (Å²) in [7, 11) is -2.27. The molecular formula is C21H24N2O6S. The predicted octanol–water partition coefficient (Wildman–Crippen LogP) is 1.84. The molecule has 1 aliphatic heterocycles. The van der Waals surface area contributed by atoms with Crippen LogP contribution in [0, 0.1) is 6.92 Å². The minimum atomic E-state index is -3.72. The smallest absolute Gasteiger partial charge is 0.338 e. The summed E-state index contributed by atoms with van der Waals surface area (Å²) in [6.45, 7) is 3.44. The first-order valence-electron chi connectivity index (χ1n) is 9.47. The van der Waals surface area contributed by atoms with Crippen molar-refractivity contribution in [3.8, 4) is 0 Å². The molecule has 0 aliphatic carbocycles. The largest absolute Gasteiger partial charge is 0.452 e. The topological polar surface area (TPSA) is 93.2 Å². The molecule has 160 valence electrons. The van der Waals surface area contributed by atoms with Gasteiger partial charge in [0.25, 0.3) is 15.9 Å². The molecule has 9 heteroatoms. The first kappa shape index (κ1) is 21.8. The van der Waals surface area contributed by atoms with Crippen LogP contribution in [0.15, 0.2) is 53.4 Å². The van der Waals surface area contributed by atoms with E-state index in [9.17, 15) is 18.0 Å². The monoisotopic (exact) mass is 432 g/mol. The lowest BCUT2D eigenvalue weighted by Crippen LogP contribution is -2.42. The zero-order valence-electron chi connectivity index (χ0n) is 16.9. The molecule has 0 bridgehead atoms. The third kappa shape index (κ3) is 4.98. The minimum absolute atomic E-state index is 0.181. The Kier molecular flexibility index (Phi) is 6.73. The second-order valence-electron chi connectivity index (χ2n) is 6.90. The van der Waals surface area contributed by atoms with Gasteiger partial charge in [0, 0.05) is 20.1 Å². The summed E-state index contributed by atoms with van der Waals surface area (Å²) in [6, 6.07) is 12.6. The standard InChI is InChI=1S/C21H24N2O6S/c1-16-3-9-19(10-4-16)30(26,27)22(2)18-7-5-17(6-8-18)21(25)29-15-20(24)23-11-13-28-14-12-23/h3-10H,11-15H2,1-2H3. The van der Waals surface area contributed by atoms with Crippen molar-refractivity contribution in [3.63, 3.8) is 0 Å². The third-order valence-corrected chi connectivity index (χ3v) is 6.64. The lowest BCUT2D eigenvalue weighted by Gasteiger charge is -2.26. The number of carbonyl (C=O) groups is 2. The van der Waals surface area contributed by atoms with Gasteiger partial charge in [-0.05, 0) is 43.3 Å². The van der Waals surface area contributed by atoms with E-state index in [0.717, 1.165) is 9.87 Å². The molecule has 8 nitrogen and oxygen atoms in total. The van der Waals surface area contributed by atoms with Crippen LogP contribution in [0.1, 0.15) is 15.9 Å². The van der Waals surface area contributed by atoms with Crippen molar-refractivity contribution < 1.29 is 27.5 Å². The highest BCUT2D eigenvalue weighted by atomic mass is 32.2. The van der Waals surface area contributed by atoms with Crippen LogP contribution in [0.4, 0.5) is 5.69 Å². The number of anilines is 1. The van der Waals surface area contributed by atoms with E-state index in [1.54, 1.807) is 29.2 Å². The number of morpholine rings is 1. The molecule has 2 aromatic rings. The molecule has 1 saturated heterocycles. The predicted molar refractivity (Wildman–Crippen MR) is 111 cm³/mol. The maximum atomic E-state index is 12.8. The Morgan fingerprint density at radius 2 is 1.63 bits per heavy atom. The molecule has 0 spiro atoms. The second-order valence-corrected chi connectivity index (χ2v) is 8.87. The molecule has 1 amide bonds. The number of benzene rings is 2. The van der Waals surface area contributed by atoms with Gasteiger partial charge in [-0.2, -0.15) is 0 Å². The number of hydrogen-bond donors (Lipinski definition) is 0. The third-order valence-electron chi connectivity index (χ3n) is 4.84. The first-order chi connectivity index (χ1) is 14.3. The maximum Gasteiger partial charge on any atom is 0.338 e. The van der Waals surface area contributed by atoms with E-state index >= 15 is 0 Å². The van der Waals surface area contributed by atoms with Crippen LogP contribution in [0.5, 0.6) is 0 Å². The number of sulfonamides is 1. The van der Waals surface area contributed by atoms with Crippen LogP contribution >= 0.6 is 0 Å². The van der Waals surface area contributed by atoms with Crippen LogP contribution in [0.2, 0.25) is 0 Å². The summed E-state index contributed by atoms with van der Waals surface area (Å²) < 4.78 is 37.0. The zero-order chi connectivity index (χ0) is 21.7. The molecule has 0 radical (unpaired) electrons. The average molecular weight is 432 g/mol. The lowest BCUT2D eigenvalue weighted by atomic mass is 10.2. The van der Waals surface area contributed by atoms with Crippen LogP contribution in [-0.2, 0) is 24.3 Å². The normalized spacial score (nSPS) is 14.3. The van der Waals surface area contributed by atoms with Gasteiger partial charge in [-0.3, -0.25) is 9.10 Å². The number of esters is 1. The van der Waals surface area contributed by atoms with E-state index in [2.05, 4.69) is 0 Å². The van der Waals surface area contributed by atoms with Crippen LogP contribution < -0.4 is 4.31 Å². The molecule has 0 aromatic heterocycles. The van der Waals surface area contributed by atoms with E-state index < -0.39 is 16.0 Å². The number of rotatable bonds is 6. The highest BCUT2D eigenvalue weighted by Gasteiger charge is 2.22. The Balaban J connectivity index is 1.62. The van der Waals surface area contributed by atoms with Crippen LogP contribution in [0.3, 0.4) is 0 Å². The molecule has 1 heterocycles. The van der Waals surface area contributed by atoms with Crippen molar-refractivity contribution in [2.24, 2.45) is 0 Å². The Morgan fingerprint density at radius 1 is 1.03 bits per heavy atom. The highest BCUT2D eigenvalue weighted by Crippen LogP contribution is 2.23. The summed E-state index contributed by atoms with van der Waals surface area (Å²) in [5, 5.41) is 0. The summed E-state index contributed by atoms with van der Waals surface area (Å²) in [4.78, 5) is 26.0. The summed E-state index contributed by atoms with van der Waals surface area (Å²) in [6.07, 6.45) is 0. The molecule has 0 unspecified atom stereocenters. The quantitative estimate of drug-likeness (QED) is 0.647. The highest BCUT2D eigenvalue weighted by molar-refractivity contribution is 7.92. The summed E-state index contributed by atoms with van der Waals surface area (Å²) >= 11 is 0. The van der Waals surface area contributed by atoms with Crippen molar-refractivity contribution >= 4 is 27.6 Å². The zero-order valence-corrected chi connectivity index (χ0v) is 17.7. The second kappa shape index (κ2) is 9.27. The Labute approximate surface area is 176 Å². The van der Waals surface area contributed by atoms with Crippen molar-refractivity contribution in [1.82, 2.24) is 4.90 Å².